The van der Waals surface area contributed by atoms with Gasteiger partial charge in [0.15, 0.2) is 5.96 Å². The number of carbonyl (C=O) groups excluding carboxylic acids is 2. The van der Waals surface area contributed by atoms with Crippen LogP contribution in [0.3, 0.4) is 0 Å². The van der Waals surface area contributed by atoms with Crippen molar-refractivity contribution in [2.45, 2.75) is 19.0 Å². The predicted octanol–water partition coefficient (Wildman–Crippen LogP) is -0.259. The average Bonchev–Trinajstić information content (AvgIpc) is 3.30. The summed E-state index contributed by atoms with van der Waals surface area (Å²) in [5.41, 5.74) is 1.69. The standard InChI is InChI=1S/C22H32N6O3/c1-23-22(28-8-6-19(15-28)26-10-12-31-13-11-26)25-14-17-2-4-18(5-3-17)21(30)27-9-7-24-20(29)16-27/h2-5,19H,6-16H2,1H3,(H,23,25)(H,24,29). The lowest BCUT2D eigenvalue weighted by Gasteiger charge is -2.32. The number of morpholine rings is 1. The lowest BCUT2D eigenvalue weighted by atomic mass is 10.1. The van der Waals surface area contributed by atoms with E-state index in [0.717, 1.165) is 57.3 Å². The van der Waals surface area contributed by atoms with Crippen LogP contribution in [-0.2, 0) is 16.1 Å². The van der Waals surface area contributed by atoms with Crippen LogP contribution in [0.1, 0.15) is 22.3 Å². The Bertz CT molecular complexity index is 806. The molecule has 3 heterocycles. The number of hydrogen-bond donors (Lipinski definition) is 2. The Morgan fingerprint density at radius 2 is 1.94 bits per heavy atom. The van der Waals surface area contributed by atoms with Crippen molar-refractivity contribution in [3.63, 3.8) is 0 Å². The summed E-state index contributed by atoms with van der Waals surface area (Å²) in [6.45, 7) is 7.48. The number of benzene rings is 1. The van der Waals surface area contributed by atoms with Crippen molar-refractivity contribution in [3.8, 4) is 0 Å². The normalized spacial score (nSPS) is 23.1. The van der Waals surface area contributed by atoms with Gasteiger partial charge in [-0.05, 0) is 24.1 Å². The topological polar surface area (TPSA) is 89.5 Å². The van der Waals surface area contributed by atoms with Gasteiger partial charge in [0.05, 0.1) is 19.8 Å². The van der Waals surface area contributed by atoms with Crippen molar-refractivity contribution in [2.75, 3.05) is 66.1 Å². The van der Waals surface area contributed by atoms with Gasteiger partial charge < -0.3 is 25.2 Å². The number of piperazine rings is 1. The monoisotopic (exact) mass is 428 g/mol. The van der Waals surface area contributed by atoms with Crippen molar-refractivity contribution >= 4 is 17.8 Å². The second-order valence-corrected chi connectivity index (χ2v) is 8.21. The van der Waals surface area contributed by atoms with Gasteiger partial charge >= 0.3 is 0 Å². The maximum atomic E-state index is 12.6. The van der Waals surface area contributed by atoms with E-state index in [0.29, 0.717) is 31.2 Å². The number of nitrogens with zero attached hydrogens (tertiary/aromatic N) is 4. The van der Waals surface area contributed by atoms with Crippen molar-refractivity contribution in [1.82, 2.24) is 25.3 Å². The highest BCUT2D eigenvalue weighted by Gasteiger charge is 2.30. The maximum absolute atomic E-state index is 12.6. The molecule has 1 aromatic rings. The lowest BCUT2D eigenvalue weighted by molar-refractivity contribution is -0.123. The third-order valence-electron chi connectivity index (χ3n) is 6.21. The Balaban J connectivity index is 1.28. The number of nitrogens with one attached hydrogen (secondary N) is 2. The first kappa shape index (κ1) is 21.6. The molecule has 4 rings (SSSR count). The van der Waals surface area contributed by atoms with Gasteiger partial charge in [0.25, 0.3) is 5.91 Å². The Kier molecular flexibility index (Phi) is 7.03. The first-order chi connectivity index (χ1) is 15.1. The number of amides is 2. The van der Waals surface area contributed by atoms with Crippen LogP contribution < -0.4 is 10.6 Å². The first-order valence-corrected chi connectivity index (χ1v) is 11.1. The molecule has 2 N–H and O–H groups in total. The number of guanidine groups is 1. The van der Waals surface area contributed by atoms with Gasteiger partial charge in [-0.15, -0.1) is 0 Å². The van der Waals surface area contributed by atoms with Gasteiger partial charge in [0.2, 0.25) is 5.91 Å². The van der Waals surface area contributed by atoms with Crippen LogP contribution in [0.2, 0.25) is 0 Å². The van der Waals surface area contributed by atoms with Crippen LogP contribution in [-0.4, -0.2) is 105 Å². The van der Waals surface area contributed by atoms with Gasteiger partial charge in [-0.2, -0.15) is 0 Å². The Morgan fingerprint density at radius 1 is 1.16 bits per heavy atom. The zero-order valence-electron chi connectivity index (χ0n) is 18.2. The third kappa shape index (κ3) is 5.34. The van der Waals surface area contributed by atoms with Crippen LogP contribution in [0.15, 0.2) is 29.3 Å². The number of carbonyl (C=O) groups is 2. The quantitative estimate of drug-likeness (QED) is 0.508. The molecule has 1 unspecified atom stereocenters. The summed E-state index contributed by atoms with van der Waals surface area (Å²) in [7, 11) is 1.82. The number of aliphatic imine (C=N–C) groups is 1. The van der Waals surface area contributed by atoms with E-state index in [1.165, 1.54) is 0 Å². The molecule has 2 amide bonds. The smallest absolute Gasteiger partial charge is 0.254 e. The van der Waals surface area contributed by atoms with E-state index in [4.69, 9.17) is 4.74 Å². The number of rotatable bonds is 4. The number of likely N-dealkylation sites (tertiary alicyclic amines) is 1. The Labute approximate surface area is 183 Å². The summed E-state index contributed by atoms with van der Waals surface area (Å²) in [4.78, 5) is 35.0. The molecule has 0 aliphatic carbocycles. The molecule has 1 aromatic carbocycles. The molecule has 3 aliphatic heterocycles. The minimum Gasteiger partial charge on any atom is -0.379 e. The fourth-order valence-corrected chi connectivity index (χ4v) is 4.45. The zero-order chi connectivity index (χ0) is 21.6. The highest BCUT2D eigenvalue weighted by atomic mass is 16.5. The SMILES string of the molecule is CN=C(NCc1ccc(C(=O)N2CCNC(=O)C2)cc1)N1CCC(N2CCOCC2)C1. The molecule has 0 radical (unpaired) electrons. The summed E-state index contributed by atoms with van der Waals surface area (Å²) in [6.07, 6.45) is 1.14. The molecular formula is C22H32N6O3. The van der Waals surface area contributed by atoms with Gasteiger partial charge in [-0.1, -0.05) is 12.1 Å². The van der Waals surface area contributed by atoms with E-state index >= 15 is 0 Å². The molecule has 168 valence electrons. The summed E-state index contributed by atoms with van der Waals surface area (Å²) >= 11 is 0. The van der Waals surface area contributed by atoms with E-state index in [1.54, 1.807) is 4.90 Å². The summed E-state index contributed by atoms with van der Waals surface area (Å²) < 4.78 is 5.47. The molecule has 0 aromatic heterocycles. The number of ether oxygens (including phenoxy) is 1. The van der Waals surface area contributed by atoms with Crippen LogP contribution in [0.5, 0.6) is 0 Å². The fraction of sp³-hybridized carbons (Fsp3) is 0.591. The molecule has 9 nitrogen and oxygen atoms in total. The molecule has 0 saturated carbocycles. The average molecular weight is 429 g/mol. The molecule has 3 saturated heterocycles. The number of hydrogen-bond acceptors (Lipinski definition) is 5. The van der Waals surface area contributed by atoms with E-state index < -0.39 is 0 Å². The molecule has 0 bridgehead atoms. The third-order valence-corrected chi connectivity index (χ3v) is 6.21. The van der Waals surface area contributed by atoms with Gasteiger partial charge in [-0.3, -0.25) is 19.5 Å². The highest BCUT2D eigenvalue weighted by molar-refractivity contribution is 5.97. The second kappa shape index (κ2) is 10.1. The first-order valence-electron chi connectivity index (χ1n) is 11.1. The fourth-order valence-electron chi connectivity index (χ4n) is 4.45. The predicted molar refractivity (Wildman–Crippen MR) is 118 cm³/mol. The van der Waals surface area contributed by atoms with Crippen molar-refractivity contribution in [3.05, 3.63) is 35.4 Å². The minimum absolute atomic E-state index is 0.101. The van der Waals surface area contributed by atoms with Crippen LogP contribution in [0, 0.1) is 0 Å². The zero-order valence-corrected chi connectivity index (χ0v) is 18.2. The summed E-state index contributed by atoms with van der Waals surface area (Å²) in [6, 6.07) is 8.14. The van der Waals surface area contributed by atoms with Crippen LogP contribution in [0.4, 0.5) is 0 Å². The molecule has 0 spiro atoms. The summed E-state index contributed by atoms with van der Waals surface area (Å²) in [5.74, 6) is 0.705. The minimum atomic E-state index is -0.107. The van der Waals surface area contributed by atoms with Crippen LogP contribution in [0.25, 0.3) is 0 Å². The molecule has 9 heteroatoms. The maximum Gasteiger partial charge on any atom is 0.254 e. The largest absolute Gasteiger partial charge is 0.379 e. The summed E-state index contributed by atoms with van der Waals surface area (Å²) in [5, 5.41) is 6.19. The molecule has 3 fully saturated rings. The van der Waals surface area contributed by atoms with Crippen molar-refractivity contribution in [1.29, 1.82) is 0 Å². The van der Waals surface area contributed by atoms with Gasteiger partial charge in [-0.25, -0.2) is 0 Å². The molecule has 1 atom stereocenters. The highest BCUT2D eigenvalue weighted by Crippen LogP contribution is 2.17. The molecular weight excluding hydrogens is 396 g/mol. The van der Waals surface area contributed by atoms with E-state index in [1.807, 2.05) is 31.3 Å². The van der Waals surface area contributed by atoms with Gasteiger partial charge in [0, 0.05) is 64.5 Å². The second-order valence-electron chi connectivity index (χ2n) is 8.21. The lowest BCUT2D eigenvalue weighted by Crippen LogP contribution is -2.49. The van der Waals surface area contributed by atoms with E-state index in [2.05, 4.69) is 25.4 Å². The molecule has 3 aliphatic rings. The Hall–Kier alpha value is -2.65. The Morgan fingerprint density at radius 3 is 2.65 bits per heavy atom. The van der Waals surface area contributed by atoms with Gasteiger partial charge in [0.1, 0.15) is 0 Å². The van der Waals surface area contributed by atoms with E-state index in [9.17, 15) is 9.59 Å². The van der Waals surface area contributed by atoms with Crippen molar-refractivity contribution in [2.24, 2.45) is 4.99 Å². The van der Waals surface area contributed by atoms with Crippen LogP contribution >= 0.6 is 0 Å². The molecule has 31 heavy (non-hydrogen) atoms. The van der Waals surface area contributed by atoms with Crippen molar-refractivity contribution < 1.29 is 14.3 Å². The van der Waals surface area contributed by atoms with E-state index in [-0.39, 0.29) is 18.4 Å².